The van der Waals surface area contributed by atoms with Gasteiger partial charge in [0.05, 0.1) is 6.10 Å². The molecule has 104 valence electrons. The summed E-state index contributed by atoms with van der Waals surface area (Å²) in [7, 11) is 0. The molecule has 2 aliphatic carbocycles. The van der Waals surface area contributed by atoms with Gasteiger partial charge in [-0.1, -0.05) is 26.7 Å². The van der Waals surface area contributed by atoms with Gasteiger partial charge in [0.15, 0.2) is 0 Å². The van der Waals surface area contributed by atoms with E-state index in [0.717, 1.165) is 38.5 Å². The molecule has 0 radical (unpaired) electrons. The van der Waals surface area contributed by atoms with E-state index in [9.17, 15) is 9.90 Å². The lowest BCUT2D eigenvalue weighted by Crippen LogP contribution is -2.46. The highest BCUT2D eigenvalue weighted by molar-refractivity contribution is 5.79. The zero-order chi connectivity index (χ0) is 13.2. The summed E-state index contributed by atoms with van der Waals surface area (Å²) in [4.78, 5) is 12.4. The lowest BCUT2D eigenvalue weighted by molar-refractivity contribution is -0.131. The minimum atomic E-state index is -0.149. The molecule has 2 aliphatic rings. The smallest absolute Gasteiger partial charge is 0.223 e. The van der Waals surface area contributed by atoms with Gasteiger partial charge in [-0.2, -0.15) is 0 Å². The third-order valence-electron chi connectivity index (χ3n) is 4.87. The number of carbonyl (C=O) groups excluding carboxylic acids is 1. The van der Waals surface area contributed by atoms with Gasteiger partial charge in [-0.3, -0.25) is 4.79 Å². The number of nitrogens with one attached hydrogen (secondary N) is 1. The van der Waals surface area contributed by atoms with Crippen molar-refractivity contribution < 1.29 is 9.90 Å². The summed E-state index contributed by atoms with van der Waals surface area (Å²) in [6.07, 6.45) is 8.02. The normalized spacial score (nSPS) is 36.1. The van der Waals surface area contributed by atoms with Gasteiger partial charge in [0, 0.05) is 12.0 Å². The van der Waals surface area contributed by atoms with Crippen molar-refractivity contribution in [2.45, 2.75) is 77.4 Å². The standard InChI is InChI=1S/C15H27NO2/c1-15(2)10-4-3-5-13(15)14(18)16-11-6-8-12(17)9-7-11/h11-13,17H,3-10H2,1-2H3,(H,16,18). The van der Waals surface area contributed by atoms with Crippen molar-refractivity contribution in [3.05, 3.63) is 0 Å². The summed E-state index contributed by atoms with van der Waals surface area (Å²) in [5.41, 5.74) is 0.149. The van der Waals surface area contributed by atoms with Crippen LogP contribution in [0.3, 0.4) is 0 Å². The third-order valence-corrected chi connectivity index (χ3v) is 4.87. The maximum Gasteiger partial charge on any atom is 0.223 e. The molecule has 1 unspecified atom stereocenters. The molecule has 2 saturated carbocycles. The van der Waals surface area contributed by atoms with Crippen molar-refractivity contribution in [1.82, 2.24) is 5.32 Å². The van der Waals surface area contributed by atoms with Crippen LogP contribution in [0.1, 0.15) is 65.2 Å². The molecule has 0 heterocycles. The number of rotatable bonds is 2. The zero-order valence-corrected chi connectivity index (χ0v) is 11.7. The van der Waals surface area contributed by atoms with Crippen LogP contribution in [0.5, 0.6) is 0 Å². The molecule has 3 nitrogen and oxygen atoms in total. The summed E-state index contributed by atoms with van der Waals surface area (Å²) in [5.74, 6) is 0.430. The molecule has 0 aromatic heterocycles. The molecule has 0 aliphatic heterocycles. The molecule has 0 aromatic carbocycles. The summed E-state index contributed by atoms with van der Waals surface area (Å²) in [6, 6.07) is 0.290. The summed E-state index contributed by atoms with van der Waals surface area (Å²) in [5, 5.41) is 12.7. The Morgan fingerprint density at radius 1 is 1.11 bits per heavy atom. The van der Waals surface area contributed by atoms with E-state index in [-0.39, 0.29) is 23.3 Å². The Balaban J connectivity index is 1.87. The molecular formula is C15H27NO2. The predicted octanol–water partition coefficient (Wildman–Crippen LogP) is 2.62. The Hall–Kier alpha value is -0.570. The van der Waals surface area contributed by atoms with Crippen LogP contribution in [-0.2, 0) is 4.79 Å². The van der Waals surface area contributed by atoms with E-state index < -0.39 is 0 Å². The Labute approximate surface area is 110 Å². The minimum absolute atomic E-state index is 0.149. The lowest BCUT2D eigenvalue weighted by Gasteiger charge is -2.38. The van der Waals surface area contributed by atoms with E-state index in [2.05, 4.69) is 19.2 Å². The van der Waals surface area contributed by atoms with Gasteiger partial charge in [-0.05, 0) is 43.9 Å². The predicted molar refractivity (Wildman–Crippen MR) is 72.1 cm³/mol. The molecule has 18 heavy (non-hydrogen) atoms. The maximum absolute atomic E-state index is 12.4. The van der Waals surface area contributed by atoms with E-state index in [1.54, 1.807) is 0 Å². The second-order valence-electron chi connectivity index (χ2n) is 6.80. The minimum Gasteiger partial charge on any atom is -0.393 e. The molecule has 1 atom stereocenters. The van der Waals surface area contributed by atoms with Crippen LogP contribution in [-0.4, -0.2) is 23.2 Å². The average molecular weight is 253 g/mol. The Kier molecular flexibility index (Phi) is 4.31. The van der Waals surface area contributed by atoms with Crippen LogP contribution >= 0.6 is 0 Å². The van der Waals surface area contributed by atoms with E-state index in [4.69, 9.17) is 0 Å². The molecule has 0 aromatic rings. The van der Waals surface area contributed by atoms with Crippen molar-refractivity contribution in [2.75, 3.05) is 0 Å². The van der Waals surface area contributed by atoms with Gasteiger partial charge in [0.2, 0.25) is 5.91 Å². The third kappa shape index (κ3) is 3.25. The van der Waals surface area contributed by atoms with E-state index in [1.807, 2.05) is 0 Å². The van der Waals surface area contributed by atoms with Crippen molar-refractivity contribution in [2.24, 2.45) is 11.3 Å². The molecule has 0 spiro atoms. The van der Waals surface area contributed by atoms with Gasteiger partial charge in [-0.25, -0.2) is 0 Å². The largest absolute Gasteiger partial charge is 0.393 e. The summed E-state index contributed by atoms with van der Waals surface area (Å²) < 4.78 is 0. The van der Waals surface area contributed by atoms with Gasteiger partial charge in [0.25, 0.3) is 0 Å². The molecule has 0 saturated heterocycles. The first-order chi connectivity index (χ1) is 8.49. The highest BCUT2D eigenvalue weighted by Gasteiger charge is 2.37. The maximum atomic E-state index is 12.4. The number of carbonyl (C=O) groups is 1. The second-order valence-corrected chi connectivity index (χ2v) is 6.80. The van der Waals surface area contributed by atoms with E-state index in [1.165, 1.54) is 12.8 Å². The number of hydrogen-bond acceptors (Lipinski definition) is 2. The molecule has 0 bridgehead atoms. The van der Waals surface area contributed by atoms with E-state index in [0.29, 0.717) is 6.04 Å². The molecule has 1 amide bonds. The molecule has 2 rings (SSSR count). The van der Waals surface area contributed by atoms with Crippen molar-refractivity contribution in [1.29, 1.82) is 0 Å². The van der Waals surface area contributed by atoms with Crippen LogP contribution in [0.4, 0.5) is 0 Å². The fourth-order valence-electron chi connectivity index (χ4n) is 3.50. The van der Waals surface area contributed by atoms with Crippen molar-refractivity contribution >= 4 is 5.91 Å². The lowest BCUT2D eigenvalue weighted by atomic mass is 9.68. The van der Waals surface area contributed by atoms with Crippen LogP contribution in [0, 0.1) is 11.3 Å². The molecule has 2 fully saturated rings. The number of aliphatic hydroxyl groups excluding tert-OH is 1. The Morgan fingerprint density at radius 2 is 1.78 bits per heavy atom. The number of amides is 1. The van der Waals surface area contributed by atoms with Gasteiger partial charge >= 0.3 is 0 Å². The SMILES string of the molecule is CC1(C)CCCCC1C(=O)NC1CCC(O)CC1. The highest BCUT2D eigenvalue weighted by atomic mass is 16.3. The van der Waals surface area contributed by atoms with Gasteiger partial charge < -0.3 is 10.4 Å². The first kappa shape index (κ1) is 13.9. The number of aliphatic hydroxyl groups is 1. The monoisotopic (exact) mass is 253 g/mol. The highest BCUT2D eigenvalue weighted by Crippen LogP contribution is 2.40. The first-order valence-corrected chi connectivity index (χ1v) is 7.47. The van der Waals surface area contributed by atoms with Gasteiger partial charge in [0.1, 0.15) is 0 Å². The molecule has 2 N–H and O–H groups in total. The second kappa shape index (κ2) is 5.60. The Morgan fingerprint density at radius 3 is 2.39 bits per heavy atom. The van der Waals surface area contributed by atoms with Crippen LogP contribution < -0.4 is 5.32 Å². The van der Waals surface area contributed by atoms with Crippen molar-refractivity contribution in [3.63, 3.8) is 0 Å². The average Bonchev–Trinajstić information content (AvgIpc) is 2.31. The van der Waals surface area contributed by atoms with Crippen LogP contribution in [0.25, 0.3) is 0 Å². The van der Waals surface area contributed by atoms with Gasteiger partial charge in [-0.15, -0.1) is 0 Å². The Bertz CT molecular complexity index is 293. The number of hydrogen-bond donors (Lipinski definition) is 2. The van der Waals surface area contributed by atoms with E-state index >= 15 is 0 Å². The quantitative estimate of drug-likeness (QED) is 0.795. The fourth-order valence-corrected chi connectivity index (χ4v) is 3.50. The zero-order valence-electron chi connectivity index (χ0n) is 11.7. The molecule has 3 heteroatoms. The summed E-state index contributed by atoms with van der Waals surface area (Å²) in [6.45, 7) is 4.45. The topological polar surface area (TPSA) is 49.3 Å². The summed E-state index contributed by atoms with van der Waals surface area (Å²) >= 11 is 0. The van der Waals surface area contributed by atoms with Crippen molar-refractivity contribution in [3.8, 4) is 0 Å². The van der Waals surface area contributed by atoms with Crippen LogP contribution in [0.2, 0.25) is 0 Å². The fraction of sp³-hybridized carbons (Fsp3) is 0.933. The van der Waals surface area contributed by atoms with Crippen LogP contribution in [0.15, 0.2) is 0 Å². The first-order valence-electron chi connectivity index (χ1n) is 7.47. The molecular weight excluding hydrogens is 226 g/mol.